The molecule has 0 aromatic heterocycles. The average Bonchev–Trinajstić information content (AvgIpc) is 2.63. The molecule has 3 amide bonds. The summed E-state index contributed by atoms with van der Waals surface area (Å²) in [7, 11) is 0. The molecule has 1 rings (SSSR count). The zero-order chi connectivity index (χ0) is 20.1. The number of carboxylic acid groups (broad SMARTS) is 1. The molecule has 0 spiro atoms. The molecule has 9 heteroatoms. The molecule has 0 fully saturated rings. The van der Waals surface area contributed by atoms with Gasteiger partial charge in [-0.1, -0.05) is 51.2 Å². The predicted octanol–water partition coefficient (Wildman–Crippen LogP) is 3.03. The number of halogens is 1. The van der Waals surface area contributed by atoms with Crippen LogP contribution in [-0.2, 0) is 14.4 Å². The summed E-state index contributed by atoms with van der Waals surface area (Å²) in [5, 5.41) is 11.4. The number of aromatic carboxylic acids is 1. The summed E-state index contributed by atoms with van der Waals surface area (Å²) in [4.78, 5) is 46.3. The summed E-state index contributed by atoms with van der Waals surface area (Å²) >= 11 is 0. The molecule has 0 unspecified atom stereocenters. The highest BCUT2D eigenvalue weighted by Crippen LogP contribution is 2.15. The van der Waals surface area contributed by atoms with Crippen molar-refractivity contribution in [3.63, 3.8) is 0 Å². The van der Waals surface area contributed by atoms with Gasteiger partial charge in [0.2, 0.25) is 17.7 Å². The van der Waals surface area contributed by atoms with Crippen LogP contribution in [-0.4, -0.2) is 28.8 Å². The number of amides is 3. The molecule has 4 N–H and O–H groups in total. The lowest BCUT2D eigenvalue weighted by Crippen LogP contribution is -2.42. The highest BCUT2D eigenvalue weighted by molar-refractivity contribution is 6.06. The first-order valence-corrected chi connectivity index (χ1v) is 9.14. The first kappa shape index (κ1) is 25.4. The van der Waals surface area contributed by atoms with E-state index >= 15 is 0 Å². The molecule has 0 bridgehead atoms. The SMILES string of the molecule is CCCCCCCCC(=O)NNC(=O)CC(=O)Nc1ccccc1C(=O)O.Cl. The van der Waals surface area contributed by atoms with Crippen molar-refractivity contribution in [2.75, 3.05) is 5.32 Å². The summed E-state index contributed by atoms with van der Waals surface area (Å²) in [5.74, 6) is -2.85. The maximum absolute atomic E-state index is 11.9. The minimum atomic E-state index is -1.18. The van der Waals surface area contributed by atoms with Crippen LogP contribution in [0, 0.1) is 0 Å². The molecular weight excluding hydrogens is 386 g/mol. The van der Waals surface area contributed by atoms with Crippen LogP contribution in [0.2, 0.25) is 0 Å². The number of anilines is 1. The van der Waals surface area contributed by atoms with Crippen molar-refractivity contribution in [3.8, 4) is 0 Å². The molecule has 1 aromatic carbocycles. The Morgan fingerprint density at radius 1 is 0.857 bits per heavy atom. The second-order valence-corrected chi connectivity index (χ2v) is 6.19. The minimum absolute atomic E-state index is 0. The number of rotatable bonds is 11. The van der Waals surface area contributed by atoms with Gasteiger partial charge < -0.3 is 10.4 Å². The summed E-state index contributed by atoms with van der Waals surface area (Å²) in [6, 6.07) is 5.89. The van der Waals surface area contributed by atoms with Crippen LogP contribution < -0.4 is 16.2 Å². The largest absolute Gasteiger partial charge is 0.478 e. The van der Waals surface area contributed by atoms with Crippen LogP contribution in [0.1, 0.15) is 68.6 Å². The number of carboxylic acids is 1. The number of para-hydroxylation sites is 1. The van der Waals surface area contributed by atoms with Gasteiger partial charge in [-0.2, -0.15) is 0 Å². The smallest absolute Gasteiger partial charge is 0.337 e. The van der Waals surface area contributed by atoms with Gasteiger partial charge >= 0.3 is 5.97 Å². The third-order valence-corrected chi connectivity index (χ3v) is 3.85. The van der Waals surface area contributed by atoms with E-state index in [2.05, 4.69) is 23.1 Å². The van der Waals surface area contributed by atoms with Gasteiger partial charge in [0.15, 0.2) is 0 Å². The molecule has 0 saturated heterocycles. The Morgan fingerprint density at radius 2 is 1.46 bits per heavy atom. The molecule has 8 nitrogen and oxygen atoms in total. The Kier molecular flexibility index (Phi) is 13.1. The van der Waals surface area contributed by atoms with Gasteiger partial charge in [-0.25, -0.2) is 4.79 Å². The molecule has 0 atom stereocenters. The normalized spacial score (nSPS) is 9.75. The minimum Gasteiger partial charge on any atom is -0.478 e. The molecule has 0 radical (unpaired) electrons. The molecule has 0 heterocycles. The van der Waals surface area contributed by atoms with Crippen LogP contribution >= 0.6 is 12.4 Å². The molecular formula is C19H28ClN3O5. The molecule has 0 aliphatic rings. The van der Waals surface area contributed by atoms with Crippen LogP contribution in [0.15, 0.2) is 24.3 Å². The van der Waals surface area contributed by atoms with E-state index in [1.54, 1.807) is 6.07 Å². The summed E-state index contributed by atoms with van der Waals surface area (Å²) < 4.78 is 0. The quantitative estimate of drug-likeness (QED) is 0.252. The summed E-state index contributed by atoms with van der Waals surface area (Å²) in [5.41, 5.74) is 4.49. The van der Waals surface area contributed by atoms with Gasteiger partial charge in [0.1, 0.15) is 6.42 Å². The van der Waals surface area contributed by atoms with Gasteiger partial charge in [-0.15, -0.1) is 12.4 Å². The number of benzene rings is 1. The average molecular weight is 414 g/mol. The number of hydrazine groups is 1. The van der Waals surface area contributed by atoms with Crippen molar-refractivity contribution >= 4 is 41.8 Å². The van der Waals surface area contributed by atoms with E-state index in [0.717, 1.165) is 25.7 Å². The number of carbonyl (C=O) groups is 4. The Morgan fingerprint density at radius 3 is 2.14 bits per heavy atom. The standard InChI is InChI=1S/C19H27N3O5.ClH/c1-2-3-4-5-6-7-12-16(23)21-22-18(25)13-17(24)20-15-11-9-8-10-14(15)19(26)27;/h8-11H,2-7,12-13H2,1H3,(H,20,24)(H,21,23)(H,22,25)(H,26,27);1H. The highest BCUT2D eigenvalue weighted by atomic mass is 35.5. The molecule has 1 aromatic rings. The zero-order valence-corrected chi connectivity index (χ0v) is 16.8. The molecule has 156 valence electrons. The number of unbranched alkanes of at least 4 members (excludes halogenated alkanes) is 5. The number of carbonyl (C=O) groups excluding carboxylic acids is 3. The Bertz CT molecular complexity index is 667. The zero-order valence-electron chi connectivity index (χ0n) is 16.0. The lowest BCUT2D eigenvalue weighted by atomic mass is 10.1. The van der Waals surface area contributed by atoms with Crippen molar-refractivity contribution in [1.82, 2.24) is 10.9 Å². The van der Waals surface area contributed by atoms with E-state index < -0.39 is 24.2 Å². The second-order valence-electron chi connectivity index (χ2n) is 6.19. The van der Waals surface area contributed by atoms with Crippen molar-refractivity contribution in [1.29, 1.82) is 0 Å². The van der Waals surface area contributed by atoms with E-state index in [-0.39, 0.29) is 29.6 Å². The summed E-state index contributed by atoms with van der Waals surface area (Å²) in [6.07, 6.45) is 6.10. The van der Waals surface area contributed by atoms with Gasteiger partial charge in [0, 0.05) is 6.42 Å². The van der Waals surface area contributed by atoms with E-state index in [4.69, 9.17) is 5.11 Å². The summed E-state index contributed by atoms with van der Waals surface area (Å²) in [6.45, 7) is 2.14. The third kappa shape index (κ3) is 10.5. The van der Waals surface area contributed by atoms with Crippen LogP contribution in [0.4, 0.5) is 5.69 Å². The molecule has 28 heavy (non-hydrogen) atoms. The van der Waals surface area contributed by atoms with Gasteiger partial charge in [-0.05, 0) is 18.6 Å². The predicted molar refractivity (Wildman–Crippen MR) is 108 cm³/mol. The number of nitrogens with one attached hydrogen (secondary N) is 3. The lowest BCUT2D eigenvalue weighted by molar-refractivity contribution is -0.131. The molecule has 0 saturated carbocycles. The fourth-order valence-electron chi connectivity index (χ4n) is 2.43. The van der Waals surface area contributed by atoms with Crippen molar-refractivity contribution in [3.05, 3.63) is 29.8 Å². The van der Waals surface area contributed by atoms with E-state index in [1.165, 1.54) is 31.0 Å². The third-order valence-electron chi connectivity index (χ3n) is 3.85. The van der Waals surface area contributed by atoms with E-state index in [1.807, 2.05) is 0 Å². The fourth-order valence-corrected chi connectivity index (χ4v) is 2.43. The van der Waals surface area contributed by atoms with Crippen molar-refractivity contribution in [2.45, 2.75) is 58.3 Å². The van der Waals surface area contributed by atoms with Gasteiger partial charge in [0.25, 0.3) is 0 Å². The van der Waals surface area contributed by atoms with E-state index in [9.17, 15) is 19.2 Å². The maximum Gasteiger partial charge on any atom is 0.337 e. The van der Waals surface area contributed by atoms with Crippen LogP contribution in [0.5, 0.6) is 0 Å². The maximum atomic E-state index is 11.9. The van der Waals surface area contributed by atoms with Gasteiger partial charge in [-0.3, -0.25) is 25.2 Å². The van der Waals surface area contributed by atoms with Crippen molar-refractivity contribution in [2.24, 2.45) is 0 Å². The molecule has 0 aliphatic carbocycles. The fraction of sp³-hybridized carbons (Fsp3) is 0.474. The van der Waals surface area contributed by atoms with Crippen LogP contribution in [0.3, 0.4) is 0 Å². The Balaban J connectivity index is 0.00000729. The second kappa shape index (κ2) is 14.4. The van der Waals surface area contributed by atoms with Crippen LogP contribution in [0.25, 0.3) is 0 Å². The number of hydrogen-bond acceptors (Lipinski definition) is 4. The monoisotopic (exact) mass is 413 g/mol. The van der Waals surface area contributed by atoms with Gasteiger partial charge in [0.05, 0.1) is 11.3 Å². The lowest BCUT2D eigenvalue weighted by Gasteiger charge is -2.09. The Hall–Kier alpha value is -2.61. The Labute approximate surface area is 170 Å². The van der Waals surface area contributed by atoms with Crippen molar-refractivity contribution < 1.29 is 24.3 Å². The molecule has 0 aliphatic heterocycles. The number of hydrogen-bond donors (Lipinski definition) is 4. The highest BCUT2D eigenvalue weighted by Gasteiger charge is 2.14. The first-order valence-electron chi connectivity index (χ1n) is 9.14. The topological polar surface area (TPSA) is 125 Å². The van der Waals surface area contributed by atoms with E-state index in [0.29, 0.717) is 6.42 Å². The first-order chi connectivity index (χ1) is 12.9.